The second-order valence-corrected chi connectivity index (χ2v) is 7.71. The van der Waals surface area contributed by atoms with E-state index < -0.39 is 0 Å². The number of piperidine rings is 1. The zero-order chi connectivity index (χ0) is 21.4. The molecule has 3 aromatic heterocycles. The van der Waals surface area contributed by atoms with Crippen LogP contribution in [0.15, 0.2) is 36.7 Å². The third-order valence-electron chi connectivity index (χ3n) is 5.79. The summed E-state index contributed by atoms with van der Waals surface area (Å²) in [5.41, 5.74) is 3.54. The molecule has 0 spiro atoms. The van der Waals surface area contributed by atoms with E-state index in [2.05, 4.69) is 36.5 Å². The van der Waals surface area contributed by atoms with E-state index in [1.807, 2.05) is 29.3 Å². The van der Waals surface area contributed by atoms with Gasteiger partial charge in [-0.25, -0.2) is 0 Å². The van der Waals surface area contributed by atoms with Crippen LogP contribution < -0.4 is 10.1 Å². The number of methoxy groups -OCH3 is 1. The Morgan fingerprint density at radius 3 is 2.84 bits per heavy atom. The van der Waals surface area contributed by atoms with Crippen molar-refractivity contribution in [3.05, 3.63) is 36.7 Å². The van der Waals surface area contributed by atoms with E-state index in [-0.39, 0.29) is 11.9 Å². The predicted octanol–water partition coefficient (Wildman–Crippen LogP) is 3.00. The molecule has 158 valence electrons. The molecular formula is C22H23N7O2. The van der Waals surface area contributed by atoms with Crippen LogP contribution in [0.25, 0.3) is 33.1 Å². The molecule has 1 saturated heterocycles. The number of aromatic amines is 1. The summed E-state index contributed by atoms with van der Waals surface area (Å²) in [7, 11) is 1.61. The van der Waals surface area contributed by atoms with E-state index in [0.717, 1.165) is 53.3 Å². The maximum atomic E-state index is 11.5. The average molecular weight is 417 g/mol. The number of nitrogens with zero attached hydrogens (tertiary/aromatic N) is 5. The Labute approximate surface area is 178 Å². The summed E-state index contributed by atoms with van der Waals surface area (Å²) in [5, 5.41) is 13.3. The Morgan fingerprint density at radius 2 is 2.06 bits per heavy atom. The van der Waals surface area contributed by atoms with E-state index in [4.69, 9.17) is 4.74 Å². The molecule has 0 radical (unpaired) electrons. The molecule has 1 amide bonds. The van der Waals surface area contributed by atoms with Gasteiger partial charge in [-0.2, -0.15) is 20.2 Å². The first-order chi connectivity index (χ1) is 15.1. The lowest BCUT2D eigenvalue weighted by molar-refractivity contribution is -0.129. The number of H-pyrrole nitrogens is 1. The third kappa shape index (κ3) is 3.63. The molecule has 5 rings (SSSR count). The van der Waals surface area contributed by atoms with Gasteiger partial charge in [0.15, 0.2) is 0 Å². The molecular weight excluding hydrogens is 394 g/mol. The average Bonchev–Trinajstić information content (AvgIpc) is 3.22. The highest BCUT2D eigenvalue weighted by molar-refractivity contribution is 5.99. The maximum Gasteiger partial charge on any atom is 0.228 e. The minimum atomic E-state index is 0.123. The van der Waals surface area contributed by atoms with E-state index in [1.165, 1.54) is 0 Å². The lowest BCUT2D eigenvalue weighted by Crippen LogP contribution is -2.41. The lowest BCUT2D eigenvalue weighted by atomic mass is 10.0. The molecule has 1 aliphatic heterocycles. The third-order valence-corrected chi connectivity index (χ3v) is 5.79. The van der Waals surface area contributed by atoms with Crippen LogP contribution in [-0.2, 0) is 4.79 Å². The molecule has 4 heterocycles. The highest BCUT2D eigenvalue weighted by Crippen LogP contribution is 2.35. The van der Waals surface area contributed by atoms with Crippen molar-refractivity contribution in [3.63, 3.8) is 0 Å². The van der Waals surface area contributed by atoms with Crippen LogP contribution in [0, 0.1) is 0 Å². The summed E-state index contributed by atoms with van der Waals surface area (Å²) in [6.07, 6.45) is 5.33. The zero-order valence-corrected chi connectivity index (χ0v) is 17.4. The quantitative estimate of drug-likeness (QED) is 0.525. The number of rotatable bonds is 4. The minimum absolute atomic E-state index is 0.123. The fraction of sp³-hybridized carbons (Fsp3) is 0.318. The van der Waals surface area contributed by atoms with Gasteiger partial charge in [0.2, 0.25) is 17.7 Å². The Balaban J connectivity index is 1.46. The van der Waals surface area contributed by atoms with E-state index >= 15 is 0 Å². The monoisotopic (exact) mass is 417 g/mol. The molecule has 1 fully saturated rings. The number of benzene rings is 1. The lowest BCUT2D eigenvalue weighted by Gasteiger charge is -2.31. The molecule has 1 aromatic carbocycles. The SMILES string of the molecule is COc1nc(NC2CCN(C(C)=O)CC2)nc2[nH]cc(-c3ccc4nnccc4c3)c12. The molecule has 0 unspecified atom stereocenters. The van der Waals surface area contributed by atoms with E-state index in [9.17, 15) is 4.79 Å². The summed E-state index contributed by atoms with van der Waals surface area (Å²) in [6, 6.07) is 8.18. The van der Waals surface area contributed by atoms with Crippen LogP contribution in [0.5, 0.6) is 5.88 Å². The van der Waals surface area contributed by atoms with Crippen LogP contribution in [-0.4, -0.2) is 62.2 Å². The molecule has 1 aliphatic rings. The van der Waals surface area contributed by atoms with Gasteiger partial charge in [0, 0.05) is 43.2 Å². The van der Waals surface area contributed by atoms with Gasteiger partial charge in [-0.05, 0) is 36.6 Å². The normalized spacial score (nSPS) is 14.8. The Kier molecular flexibility index (Phi) is 4.85. The summed E-state index contributed by atoms with van der Waals surface area (Å²) in [4.78, 5) is 26.0. The molecule has 0 atom stereocenters. The summed E-state index contributed by atoms with van der Waals surface area (Å²) in [6.45, 7) is 3.10. The van der Waals surface area contributed by atoms with Crippen LogP contribution in [0.2, 0.25) is 0 Å². The van der Waals surface area contributed by atoms with Crippen LogP contribution >= 0.6 is 0 Å². The van der Waals surface area contributed by atoms with Gasteiger partial charge in [-0.15, -0.1) is 0 Å². The summed E-state index contributed by atoms with van der Waals surface area (Å²) >= 11 is 0. The number of aromatic nitrogens is 5. The van der Waals surface area contributed by atoms with Gasteiger partial charge < -0.3 is 19.9 Å². The van der Waals surface area contributed by atoms with Gasteiger partial charge in [-0.3, -0.25) is 4.79 Å². The molecule has 9 heteroatoms. The smallest absolute Gasteiger partial charge is 0.228 e. The van der Waals surface area contributed by atoms with Crippen molar-refractivity contribution < 1.29 is 9.53 Å². The van der Waals surface area contributed by atoms with Crippen LogP contribution in [0.4, 0.5) is 5.95 Å². The first-order valence-corrected chi connectivity index (χ1v) is 10.3. The zero-order valence-electron chi connectivity index (χ0n) is 17.4. The molecule has 31 heavy (non-hydrogen) atoms. The molecule has 0 saturated carbocycles. The Hall–Kier alpha value is -3.75. The van der Waals surface area contributed by atoms with Crippen LogP contribution in [0.3, 0.4) is 0 Å². The second kappa shape index (κ2) is 7.82. The first-order valence-electron chi connectivity index (χ1n) is 10.3. The van der Waals surface area contributed by atoms with Crippen molar-refractivity contribution in [1.29, 1.82) is 0 Å². The number of carbonyl (C=O) groups excluding carboxylic acids is 1. The van der Waals surface area contributed by atoms with Crippen LogP contribution in [0.1, 0.15) is 19.8 Å². The van der Waals surface area contributed by atoms with Crippen molar-refractivity contribution in [2.45, 2.75) is 25.8 Å². The predicted molar refractivity (Wildman–Crippen MR) is 118 cm³/mol. The number of anilines is 1. The van der Waals surface area contributed by atoms with Gasteiger partial charge in [0.25, 0.3) is 0 Å². The van der Waals surface area contributed by atoms with Gasteiger partial charge in [0.05, 0.1) is 24.2 Å². The fourth-order valence-electron chi connectivity index (χ4n) is 4.12. The highest BCUT2D eigenvalue weighted by Gasteiger charge is 2.22. The number of hydrogen-bond donors (Lipinski definition) is 2. The van der Waals surface area contributed by atoms with Crippen molar-refractivity contribution in [2.75, 3.05) is 25.5 Å². The number of nitrogens with one attached hydrogen (secondary N) is 2. The van der Waals surface area contributed by atoms with Gasteiger partial charge in [0.1, 0.15) is 5.65 Å². The van der Waals surface area contributed by atoms with Crippen molar-refractivity contribution in [1.82, 2.24) is 30.0 Å². The second-order valence-electron chi connectivity index (χ2n) is 7.71. The van der Waals surface area contributed by atoms with E-state index in [1.54, 1.807) is 20.2 Å². The van der Waals surface area contributed by atoms with Crippen molar-refractivity contribution in [2.24, 2.45) is 0 Å². The van der Waals surface area contributed by atoms with Gasteiger partial charge in [-0.1, -0.05) is 6.07 Å². The topological polar surface area (TPSA) is 109 Å². The standard InChI is InChI=1S/C22H23N7O2/c1-13(30)29-9-6-16(7-10-29)25-22-26-20-19(21(27-22)31-2)17(12-23-20)14-3-4-18-15(11-14)5-8-24-28-18/h3-5,8,11-12,16H,6-7,9-10H2,1-2H3,(H2,23,25,26,27). The molecule has 4 aromatic rings. The molecule has 2 N–H and O–H groups in total. The summed E-state index contributed by atoms with van der Waals surface area (Å²) < 4.78 is 5.63. The maximum absolute atomic E-state index is 11.5. The number of carbonyl (C=O) groups is 1. The number of amides is 1. The number of fused-ring (bicyclic) bond motifs is 2. The number of hydrogen-bond acceptors (Lipinski definition) is 7. The molecule has 0 aliphatic carbocycles. The van der Waals surface area contributed by atoms with Gasteiger partial charge >= 0.3 is 0 Å². The Bertz CT molecular complexity index is 1260. The molecule has 0 bridgehead atoms. The fourth-order valence-corrected chi connectivity index (χ4v) is 4.12. The highest BCUT2D eigenvalue weighted by atomic mass is 16.5. The van der Waals surface area contributed by atoms with Crippen molar-refractivity contribution in [3.8, 4) is 17.0 Å². The van der Waals surface area contributed by atoms with E-state index in [0.29, 0.717) is 17.5 Å². The largest absolute Gasteiger partial charge is 0.480 e. The first kappa shape index (κ1) is 19.2. The number of likely N-dealkylation sites (tertiary alicyclic amines) is 1. The summed E-state index contributed by atoms with van der Waals surface area (Å²) in [5.74, 6) is 1.16. The number of ether oxygens (including phenoxy) is 1. The van der Waals surface area contributed by atoms with Crippen molar-refractivity contribution >= 4 is 33.8 Å². The molecule has 9 nitrogen and oxygen atoms in total. The minimum Gasteiger partial charge on any atom is -0.480 e. The Morgan fingerprint density at radius 1 is 1.23 bits per heavy atom.